The molecule has 0 saturated heterocycles. The SMILES string of the molecule is CC(C)(C)C.CCCC.CCCC.CS. The normalized spacial score (nSPS) is 8.40. The Balaban J connectivity index is -0.0000000562. The van der Waals surface area contributed by atoms with Crippen LogP contribution in [0.25, 0.3) is 0 Å². The first-order valence-corrected chi connectivity index (χ1v) is 7.17. The van der Waals surface area contributed by atoms with Crippen LogP contribution < -0.4 is 0 Å². The zero-order valence-corrected chi connectivity index (χ0v) is 13.7. The Morgan fingerprint density at radius 3 is 0.667 bits per heavy atom. The van der Waals surface area contributed by atoms with Crippen LogP contribution in [-0.4, -0.2) is 6.26 Å². The summed E-state index contributed by atoms with van der Waals surface area (Å²) in [6.45, 7) is 17.5. The van der Waals surface area contributed by atoms with E-state index in [4.69, 9.17) is 0 Å². The minimum atomic E-state index is 0.500. The average molecular weight is 237 g/mol. The summed E-state index contributed by atoms with van der Waals surface area (Å²) < 4.78 is 0. The lowest BCUT2D eigenvalue weighted by atomic mass is 10.0. The van der Waals surface area contributed by atoms with Gasteiger partial charge in [0.25, 0.3) is 0 Å². The number of hydrogen-bond donors (Lipinski definition) is 1. The van der Waals surface area contributed by atoms with Crippen molar-refractivity contribution in [3.63, 3.8) is 0 Å². The Kier molecular flexibility index (Phi) is 39.1. The molecule has 0 nitrogen and oxygen atoms in total. The topological polar surface area (TPSA) is 0 Å². The first kappa shape index (κ1) is 24.5. The fourth-order valence-electron chi connectivity index (χ4n) is 0. The molecule has 0 fully saturated rings. The molecule has 0 saturated carbocycles. The van der Waals surface area contributed by atoms with Gasteiger partial charge in [-0.15, -0.1) is 0 Å². The van der Waals surface area contributed by atoms with Crippen LogP contribution in [0.4, 0.5) is 0 Å². The second kappa shape index (κ2) is 23.9. The zero-order chi connectivity index (χ0) is 13.3. The molecule has 0 rings (SSSR count). The maximum atomic E-state index is 3.53. The van der Waals surface area contributed by atoms with Crippen molar-refractivity contribution in [1.82, 2.24) is 0 Å². The van der Waals surface area contributed by atoms with Gasteiger partial charge in [0, 0.05) is 0 Å². The number of rotatable bonds is 2. The highest BCUT2D eigenvalue weighted by molar-refractivity contribution is 7.79. The Labute approximate surface area is 106 Å². The van der Waals surface area contributed by atoms with Gasteiger partial charge in [0.2, 0.25) is 0 Å². The molecule has 0 unspecified atom stereocenters. The van der Waals surface area contributed by atoms with Crippen LogP contribution in [0.15, 0.2) is 0 Å². The third-order valence-corrected chi connectivity index (χ3v) is 1.000. The van der Waals surface area contributed by atoms with E-state index >= 15 is 0 Å². The van der Waals surface area contributed by atoms with Gasteiger partial charge in [-0.25, -0.2) is 0 Å². The van der Waals surface area contributed by atoms with Crippen molar-refractivity contribution in [3.05, 3.63) is 0 Å². The predicted molar refractivity (Wildman–Crippen MR) is 81.2 cm³/mol. The maximum absolute atomic E-state index is 3.53. The molecule has 0 spiro atoms. The summed E-state index contributed by atoms with van der Waals surface area (Å²) in [4.78, 5) is 0. The number of thiol groups is 1. The van der Waals surface area contributed by atoms with Gasteiger partial charge in [-0.05, 0) is 11.7 Å². The third kappa shape index (κ3) is 396. The monoisotopic (exact) mass is 236 g/mol. The molecule has 0 radical (unpaired) electrons. The van der Waals surface area contributed by atoms with Crippen LogP contribution in [0, 0.1) is 5.41 Å². The van der Waals surface area contributed by atoms with E-state index in [9.17, 15) is 0 Å². The highest BCUT2D eigenvalue weighted by Crippen LogP contribution is 2.08. The van der Waals surface area contributed by atoms with Gasteiger partial charge < -0.3 is 0 Å². The van der Waals surface area contributed by atoms with Crippen molar-refractivity contribution in [1.29, 1.82) is 0 Å². The molecule has 0 aliphatic heterocycles. The zero-order valence-electron chi connectivity index (χ0n) is 12.8. The van der Waals surface area contributed by atoms with E-state index in [-0.39, 0.29) is 0 Å². The number of hydrogen-bond acceptors (Lipinski definition) is 1. The van der Waals surface area contributed by atoms with Crippen LogP contribution in [0.2, 0.25) is 0 Å². The molecule has 0 aromatic heterocycles. The fraction of sp³-hybridized carbons (Fsp3) is 1.00. The molecular weight excluding hydrogens is 200 g/mol. The van der Waals surface area contributed by atoms with Crippen LogP contribution in [0.3, 0.4) is 0 Å². The predicted octanol–water partition coefficient (Wildman–Crippen LogP) is 6.21. The third-order valence-electron chi connectivity index (χ3n) is 1.000. The standard InChI is InChI=1S/C5H12.2C4H10.CH4S/c1-5(2,3)4;2*1-3-4-2;1-2/h1-4H3;2*3-4H2,1-2H3;2H,1H3. The molecule has 0 N–H and O–H groups in total. The van der Waals surface area contributed by atoms with Gasteiger partial charge in [-0.1, -0.05) is 81.1 Å². The van der Waals surface area contributed by atoms with Crippen molar-refractivity contribution in [2.75, 3.05) is 6.26 Å². The van der Waals surface area contributed by atoms with Crippen LogP contribution in [0.1, 0.15) is 81.1 Å². The van der Waals surface area contributed by atoms with E-state index in [1.807, 2.05) is 0 Å². The summed E-state index contributed by atoms with van der Waals surface area (Å²) in [7, 11) is 0. The number of unbranched alkanes of at least 4 members (excludes halogenated alkanes) is 2. The van der Waals surface area contributed by atoms with E-state index in [0.29, 0.717) is 5.41 Å². The summed E-state index contributed by atoms with van der Waals surface area (Å²) in [5.74, 6) is 0. The van der Waals surface area contributed by atoms with Gasteiger partial charge in [0.1, 0.15) is 0 Å². The smallest absolute Gasteiger partial charge is 0.0215 e. The molecule has 0 amide bonds. The summed E-state index contributed by atoms with van der Waals surface area (Å²) >= 11 is 3.53. The summed E-state index contributed by atoms with van der Waals surface area (Å²) in [5, 5.41) is 0. The first-order chi connectivity index (χ1) is 6.83. The van der Waals surface area contributed by atoms with E-state index in [1.165, 1.54) is 25.7 Å². The van der Waals surface area contributed by atoms with Crippen molar-refractivity contribution < 1.29 is 0 Å². The second-order valence-corrected chi connectivity index (χ2v) is 5.00. The summed E-state index contributed by atoms with van der Waals surface area (Å²) in [6.07, 6.45) is 6.97. The molecule has 0 aliphatic rings. The van der Waals surface area contributed by atoms with Gasteiger partial charge in [0.05, 0.1) is 0 Å². The Bertz CT molecular complexity index is 48.2. The summed E-state index contributed by atoms with van der Waals surface area (Å²) in [5.41, 5.74) is 0.500. The molecule has 0 atom stereocenters. The van der Waals surface area contributed by atoms with Crippen LogP contribution >= 0.6 is 12.6 Å². The van der Waals surface area contributed by atoms with Crippen molar-refractivity contribution in [2.45, 2.75) is 81.1 Å². The van der Waals surface area contributed by atoms with Gasteiger partial charge in [-0.3, -0.25) is 0 Å². The molecule has 15 heavy (non-hydrogen) atoms. The summed E-state index contributed by atoms with van der Waals surface area (Å²) in [6, 6.07) is 0. The van der Waals surface area contributed by atoms with Gasteiger partial charge in [0.15, 0.2) is 0 Å². The molecule has 0 bridgehead atoms. The molecular formula is C14H36S. The average Bonchev–Trinajstić information content (AvgIpc) is 2.18. The van der Waals surface area contributed by atoms with Crippen LogP contribution in [0.5, 0.6) is 0 Å². The Hall–Kier alpha value is 0.350. The van der Waals surface area contributed by atoms with Crippen molar-refractivity contribution >= 4 is 12.6 Å². The van der Waals surface area contributed by atoms with Gasteiger partial charge >= 0.3 is 0 Å². The largest absolute Gasteiger partial charge is 0.183 e. The fourth-order valence-corrected chi connectivity index (χ4v) is 0. The highest BCUT2D eigenvalue weighted by atomic mass is 32.1. The second-order valence-electron chi connectivity index (χ2n) is 5.00. The molecule has 0 aliphatic carbocycles. The lowest BCUT2D eigenvalue weighted by molar-refractivity contribution is 0.469. The Morgan fingerprint density at radius 2 is 0.667 bits per heavy atom. The van der Waals surface area contributed by atoms with Gasteiger partial charge in [-0.2, -0.15) is 12.6 Å². The minimum Gasteiger partial charge on any atom is -0.183 e. The molecule has 0 aromatic carbocycles. The lowest BCUT2D eigenvalue weighted by Gasteiger charge is -2.05. The van der Waals surface area contributed by atoms with E-state index < -0.39 is 0 Å². The van der Waals surface area contributed by atoms with E-state index in [1.54, 1.807) is 6.26 Å². The van der Waals surface area contributed by atoms with Crippen molar-refractivity contribution in [2.24, 2.45) is 5.41 Å². The highest BCUT2D eigenvalue weighted by Gasteiger charge is 1.95. The van der Waals surface area contributed by atoms with E-state index in [0.717, 1.165) is 0 Å². The molecule has 0 heterocycles. The van der Waals surface area contributed by atoms with Crippen LogP contribution in [-0.2, 0) is 0 Å². The maximum Gasteiger partial charge on any atom is -0.0215 e. The lowest BCUT2D eigenvalue weighted by Crippen LogP contribution is -1.93. The molecule has 0 aromatic rings. The first-order valence-electron chi connectivity index (χ1n) is 6.28. The molecule has 1 heteroatoms. The minimum absolute atomic E-state index is 0.500. The molecule has 98 valence electrons. The van der Waals surface area contributed by atoms with E-state index in [2.05, 4.69) is 68.0 Å². The quantitative estimate of drug-likeness (QED) is 0.541. The Morgan fingerprint density at radius 1 is 0.600 bits per heavy atom. The van der Waals surface area contributed by atoms with Crippen molar-refractivity contribution in [3.8, 4) is 0 Å².